The van der Waals surface area contributed by atoms with Crippen molar-refractivity contribution in [3.63, 3.8) is 0 Å². The normalized spacial score (nSPS) is 12.8. The van der Waals surface area contributed by atoms with E-state index in [1.165, 1.54) is 0 Å². The van der Waals surface area contributed by atoms with E-state index >= 15 is 0 Å². The van der Waals surface area contributed by atoms with Gasteiger partial charge in [-0.25, -0.2) is 9.97 Å². The molecule has 0 radical (unpaired) electrons. The maximum Gasteiger partial charge on any atom is 0.189 e. The van der Waals surface area contributed by atoms with E-state index in [0.29, 0.717) is 11.1 Å². The first kappa shape index (κ1) is 10.3. The van der Waals surface area contributed by atoms with Crippen molar-refractivity contribution in [3.05, 3.63) is 11.8 Å². The number of hydrogen-bond donors (Lipinski definition) is 1. The Kier molecular flexibility index (Phi) is 3.54. The van der Waals surface area contributed by atoms with Gasteiger partial charge in [-0.3, -0.25) is 0 Å². The molecule has 0 fully saturated rings. The van der Waals surface area contributed by atoms with Crippen molar-refractivity contribution in [1.82, 2.24) is 9.97 Å². The van der Waals surface area contributed by atoms with Crippen LogP contribution in [-0.4, -0.2) is 15.2 Å². The van der Waals surface area contributed by atoms with Crippen molar-refractivity contribution >= 4 is 17.6 Å². The molecule has 1 aromatic rings. The zero-order valence-electron chi connectivity index (χ0n) is 8.24. The lowest BCUT2D eigenvalue weighted by molar-refractivity contribution is 0.879. The largest absolute Gasteiger partial charge is 0.384 e. The lowest BCUT2D eigenvalue weighted by Gasteiger charge is -2.07. The van der Waals surface area contributed by atoms with Crippen LogP contribution in [0.3, 0.4) is 0 Å². The summed E-state index contributed by atoms with van der Waals surface area (Å²) in [5, 5.41) is 1.33. The minimum absolute atomic E-state index is 0.543. The average molecular weight is 197 g/mol. The quantitative estimate of drug-likeness (QED) is 0.596. The molecular weight excluding hydrogens is 182 g/mol. The minimum Gasteiger partial charge on any atom is -0.384 e. The lowest BCUT2D eigenvalue weighted by atomic mass is 10.4. The highest BCUT2D eigenvalue weighted by molar-refractivity contribution is 7.99. The van der Waals surface area contributed by atoms with E-state index < -0.39 is 0 Å². The molecule has 3 nitrogen and oxygen atoms in total. The van der Waals surface area contributed by atoms with Crippen molar-refractivity contribution in [3.8, 4) is 0 Å². The fourth-order valence-electron chi connectivity index (χ4n) is 0.881. The molecule has 2 N–H and O–H groups in total. The van der Waals surface area contributed by atoms with Crippen LogP contribution in [0.2, 0.25) is 0 Å². The van der Waals surface area contributed by atoms with Gasteiger partial charge in [-0.15, -0.1) is 0 Å². The average Bonchev–Trinajstić information content (AvgIpc) is 2.02. The summed E-state index contributed by atoms with van der Waals surface area (Å²) in [7, 11) is 0. The van der Waals surface area contributed by atoms with E-state index in [9.17, 15) is 0 Å². The summed E-state index contributed by atoms with van der Waals surface area (Å²) in [4.78, 5) is 8.45. The van der Waals surface area contributed by atoms with Crippen LogP contribution in [0.25, 0.3) is 0 Å². The molecule has 13 heavy (non-hydrogen) atoms. The smallest absolute Gasteiger partial charge is 0.189 e. The highest BCUT2D eigenvalue weighted by Crippen LogP contribution is 2.22. The van der Waals surface area contributed by atoms with E-state index in [-0.39, 0.29) is 0 Å². The molecule has 0 aliphatic carbocycles. The van der Waals surface area contributed by atoms with Gasteiger partial charge < -0.3 is 5.73 Å². The second kappa shape index (κ2) is 4.46. The van der Waals surface area contributed by atoms with Crippen LogP contribution >= 0.6 is 11.8 Å². The number of aromatic nitrogens is 2. The minimum atomic E-state index is 0.543. The molecule has 0 aromatic carbocycles. The second-order valence-electron chi connectivity index (χ2n) is 3.05. The van der Waals surface area contributed by atoms with E-state index in [1.54, 1.807) is 17.8 Å². The highest BCUT2D eigenvalue weighted by Gasteiger charge is 2.05. The van der Waals surface area contributed by atoms with Gasteiger partial charge in [0.1, 0.15) is 5.82 Å². The zero-order chi connectivity index (χ0) is 9.84. The molecule has 0 spiro atoms. The van der Waals surface area contributed by atoms with Gasteiger partial charge in [-0.2, -0.15) is 0 Å². The van der Waals surface area contributed by atoms with Crippen molar-refractivity contribution in [2.75, 3.05) is 5.73 Å². The zero-order valence-corrected chi connectivity index (χ0v) is 9.06. The summed E-state index contributed by atoms with van der Waals surface area (Å²) >= 11 is 1.67. The molecule has 0 saturated heterocycles. The summed E-state index contributed by atoms with van der Waals surface area (Å²) in [6.07, 6.45) is 1.11. The number of rotatable bonds is 3. The summed E-state index contributed by atoms with van der Waals surface area (Å²) in [5.41, 5.74) is 6.54. The number of anilines is 1. The molecular formula is C9H15N3S. The topological polar surface area (TPSA) is 51.8 Å². The van der Waals surface area contributed by atoms with Crippen LogP contribution in [0.1, 0.15) is 26.0 Å². The molecule has 1 heterocycles. The molecule has 0 bridgehead atoms. The molecule has 1 atom stereocenters. The maximum absolute atomic E-state index is 5.61. The van der Waals surface area contributed by atoms with Gasteiger partial charge >= 0.3 is 0 Å². The number of hydrogen-bond acceptors (Lipinski definition) is 4. The number of nitrogens with zero attached hydrogens (tertiary/aromatic N) is 2. The fourth-order valence-corrected chi connectivity index (χ4v) is 1.76. The fraction of sp³-hybridized carbons (Fsp3) is 0.556. The van der Waals surface area contributed by atoms with Crippen LogP contribution < -0.4 is 5.73 Å². The van der Waals surface area contributed by atoms with Gasteiger partial charge in [-0.1, -0.05) is 25.6 Å². The summed E-state index contributed by atoms with van der Waals surface area (Å²) < 4.78 is 0. The molecule has 0 aliphatic rings. The van der Waals surface area contributed by atoms with E-state index in [1.807, 2.05) is 6.92 Å². The van der Waals surface area contributed by atoms with E-state index in [2.05, 4.69) is 23.8 Å². The standard InChI is InChI=1S/C9H15N3S/c1-4-7(3)13-9-11-6(2)5-8(10)12-9/h5,7H,4H2,1-3H3,(H2,10,11,12). The van der Waals surface area contributed by atoms with Crippen molar-refractivity contribution < 1.29 is 0 Å². The SMILES string of the molecule is CCC(C)Sc1nc(C)cc(N)n1. The highest BCUT2D eigenvalue weighted by atomic mass is 32.2. The Morgan fingerprint density at radius 1 is 1.54 bits per heavy atom. The molecule has 0 aliphatic heterocycles. The van der Waals surface area contributed by atoms with E-state index in [0.717, 1.165) is 17.3 Å². The van der Waals surface area contributed by atoms with Crippen LogP contribution in [0.15, 0.2) is 11.2 Å². The number of aryl methyl sites for hydroxylation is 1. The Bertz CT molecular complexity index is 268. The third-order valence-corrected chi connectivity index (χ3v) is 2.86. The first-order chi connectivity index (χ1) is 6.11. The molecule has 0 saturated carbocycles. The first-order valence-corrected chi connectivity index (χ1v) is 5.27. The summed E-state index contributed by atoms with van der Waals surface area (Å²) in [6.45, 7) is 6.24. The lowest BCUT2D eigenvalue weighted by Crippen LogP contribution is -2.00. The third-order valence-electron chi connectivity index (χ3n) is 1.74. The second-order valence-corrected chi connectivity index (χ2v) is 4.46. The molecule has 0 amide bonds. The Labute approximate surface area is 83.2 Å². The van der Waals surface area contributed by atoms with Gasteiger partial charge in [0.15, 0.2) is 5.16 Å². The Hall–Kier alpha value is -0.770. The summed E-state index contributed by atoms with van der Waals surface area (Å²) in [6, 6.07) is 1.78. The third kappa shape index (κ3) is 3.22. The first-order valence-electron chi connectivity index (χ1n) is 4.39. The maximum atomic E-state index is 5.61. The Morgan fingerprint density at radius 2 is 2.23 bits per heavy atom. The van der Waals surface area contributed by atoms with Gasteiger partial charge in [0.2, 0.25) is 0 Å². The Balaban J connectivity index is 2.77. The van der Waals surface area contributed by atoms with Gasteiger partial charge in [0, 0.05) is 17.0 Å². The molecule has 1 unspecified atom stereocenters. The molecule has 1 rings (SSSR count). The van der Waals surface area contributed by atoms with Crippen LogP contribution in [0.5, 0.6) is 0 Å². The van der Waals surface area contributed by atoms with Crippen LogP contribution in [0, 0.1) is 6.92 Å². The van der Waals surface area contributed by atoms with Crippen molar-refractivity contribution in [2.45, 2.75) is 37.6 Å². The monoisotopic (exact) mass is 197 g/mol. The Morgan fingerprint density at radius 3 is 2.77 bits per heavy atom. The van der Waals surface area contributed by atoms with Gasteiger partial charge in [-0.05, 0) is 13.3 Å². The predicted octanol–water partition coefficient (Wildman–Crippen LogP) is 2.26. The van der Waals surface area contributed by atoms with Gasteiger partial charge in [0.05, 0.1) is 0 Å². The summed E-state index contributed by atoms with van der Waals surface area (Å²) in [5.74, 6) is 0.554. The number of nitrogens with two attached hydrogens (primary N) is 1. The predicted molar refractivity (Wildman–Crippen MR) is 56.8 cm³/mol. The molecule has 4 heteroatoms. The van der Waals surface area contributed by atoms with Crippen molar-refractivity contribution in [1.29, 1.82) is 0 Å². The molecule has 72 valence electrons. The number of thioether (sulfide) groups is 1. The van der Waals surface area contributed by atoms with E-state index in [4.69, 9.17) is 5.73 Å². The van der Waals surface area contributed by atoms with Crippen molar-refractivity contribution in [2.24, 2.45) is 0 Å². The van der Waals surface area contributed by atoms with Gasteiger partial charge in [0.25, 0.3) is 0 Å². The van der Waals surface area contributed by atoms with Crippen LogP contribution in [-0.2, 0) is 0 Å². The number of nitrogen functional groups attached to an aromatic ring is 1. The van der Waals surface area contributed by atoms with Crippen LogP contribution in [0.4, 0.5) is 5.82 Å². The molecule has 1 aromatic heterocycles.